The van der Waals surface area contributed by atoms with E-state index in [-0.39, 0.29) is 5.91 Å². The normalized spacial score (nSPS) is 12.7. The standard InChI is InChI=1S/C18H19NO2/c1-12-3-4-13(2)16(9-12)19-18(20)11-14-5-6-17-15(10-14)7-8-21-17/h3-6,9-10H,7-8,11H2,1-2H3,(H,19,20). The molecular formula is C18H19NO2. The molecule has 2 aromatic carbocycles. The summed E-state index contributed by atoms with van der Waals surface area (Å²) in [5.41, 5.74) is 5.35. The highest BCUT2D eigenvalue weighted by atomic mass is 16.5. The van der Waals surface area contributed by atoms with E-state index in [1.165, 1.54) is 5.56 Å². The number of aryl methyl sites for hydroxylation is 2. The lowest BCUT2D eigenvalue weighted by molar-refractivity contribution is -0.115. The van der Waals surface area contributed by atoms with Crippen LogP contribution in [0.3, 0.4) is 0 Å². The van der Waals surface area contributed by atoms with Gasteiger partial charge in [-0.3, -0.25) is 4.79 Å². The van der Waals surface area contributed by atoms with Crippen molar-refractivity contribution in [1.29, 1.82) is 0 Å². The molecule has 0 aliphatic carbocycles. The molecule has 21 heavy (non-hydrogen) atoms. The van der Waals surface area contributed by atoms with Gasteiger partial charge in [-0.15, -0.1) is 0 Å². The number of rotatable bonds is 3. The van der Waals surface area contributed by atoms with Crippen LogP contribution in [0.15, 0.2) is 36.4 Å². The molecule has 0 aromatic heterocycles. The third-order valence-corrected chi connectivity index (χ3v) is 3.79. The summed E-state index contributed by atoms with van der Waals surface area (Å²) in [5, 5.41) is 3.00. The largest absolute Gasteiger partial charge is 0.493 e. The molecule has 0 spiro atoms. The van der Waals surface area contributed by atoms with Crippen molar-refractivity contribution in [2.75, 3.05) is 11.9 Å². The topological polar surface area (TPSA) is 38.3 Å². The second-order valence-electron chi connectivity index (χ2n) is 5.58. The van der Waals surface area contributed by atoms with E-state index in [2.05, 4.69) is 11.4 Å². The van der Waals surface area contributed by atoms with Crippen molar-refractivity contribution in [3.8, 4) is 5.75 Å². The minimum atomic E-state index is 0.0163. The number of hydrogen-bond donors (Lipinski definition) is 1. The van der Waals surface area contributed by atoms with Crippen LogP contribution in [0.1, 0.15) is 22.3 Å². The van der Waals surface area contributed by atoms with Gasteiger partial charge in [0.05, 0.1) is 13.0 Å². The molecule has 1 aliphatic heterocycles. The van der Waals surface area contributed by atoms with Crippen molar-refractivity contribution in [3.63, 3.8) is 0 Å². The van der Waals surface area contributed by atoms with E-state index in [1.807, 2.05) is 44.2 Å². The molecule has 0 bridgehead atoms. The van der Waals surface area contributed by atoms with Gasteiger partial charge in [-0.2, -0.15) is 0 Å². The van der Waals surface area contributed by atoms with Crippen molar-refractivity contribution in [2.45, 2.75) is 26.7 Å². The molecule has 1 N–H and O–H groups in total. The second-order valence-corrected chi connectivity index (χ2v) is 5.58. The first-order chi connectivity index (χ1) is 10.1. The third-order valence-electron chi connectivity index (χ3n) is 3.79. The molecular weight excluding hydrogens is 262 g/mol. The van der Waals surface area contributed by atoms with E-state index in [9.17, 15) is 4.79 Å². The maximum Gasteiger partial charge on any atom is 0.228 e. The van der Waals surface area contributed by atoms with Gasteiger partial charge in [-0.25, -0.2) is 0 Å². The molecule has 2 aromatic rings. The van der Waals surface area contributed by atoms with Gasteiger partial charge in [0.2, 0.25) is 5.91 Å². The van der Waals surface area contributed by atoms with Gasteiger partial charge < -0.3 is 10.1 Å². The lowest BCUT2D eigenvalue weighted by Gasteiger charge is -2.10. The average molecular weight is 281 g/mol. The highest BCUT2D eigenvalue weighted by Crippen LogP contribution is 2.26. The first-order valence-corrected chi connectivity index (χ1v) is 7.23. The molecule has 1 amide bonds. The number of nitrogens with one attached hydrogen (secondary N) is 1. The van der Waals surface area contributed by atoms with E-state index in [4.69, 9.17) is 4.74 Å². The van der Waals surface area contributed by atoms with Crippen molar-refractivity contribution in [3.05, 3.63) is 58.7 Å². The first-order valence-electron chi connectivity index (χ1n) is 7.23. The summed E-state index contributed by atoms with van der Waals surface area (Å²) < 4.78 is 5.48. The number of anilines is 1. The minimum Gasteiger partial charge on any atom is -0.493 e. The van der Waals surface area contributed by atoms with E-state index in [0.29, 0.717) is 6.42 Å². The van der Waals surface area contributed by atoms with E-state index < -0.39 is 0 Å². The van der Waals surface area contributed by atoms with Crippen LogP contribution in [-0.4, -0.2) is 12.5 Å². The number of hydrogen-bond acceptors (Lipinski definition) is 2. The molecule has 3 heteroatoms. The molecule has 3 rings (SSSR count). The zero-order chi connectivity index (χ0) is 14.8. The van der Waals surface area contributed by atoms with Gasteiger partial charge in [0, 0.05) is 12.1 Å². The quantitative estimate of drug-likeness (QED) is 0.936. The van der Waals surface area contributed by atoms with Crippen LogP contribution < -0.4 is 10.1 Å². The number of ether oxygens (including phenoxy) is 1. The predicted octanol–water partition coefficient (Wildman–Crippen LogP) is 3.42. The first kappa shape index (κ1) is 13.7. The molecule has 0 atom stereocenters. The van der Waals surface area contributed by atoms with Gasteiger partial charge in [-0.05, 0) is 48.2 Å². The van der Waals surface area contributed by atoms with Crippen LogP contribution in [0.25, 0.3) is 0 Å². The smallest absolute Gasteiger partial charge is 0.228 e. The average Bonchev–Trinajstić information content (AvgIpc) is 2.90. The second kappa shape index (κ2) is 5.60. The van der Waals surface area contributed by atoms with Crippen LogP contribution in [-0.2, 0) is 17.6 Å². The molecule has 0 radical (unpaired) electrons. The summed E-state index contributed by atoms with van der Waals surface area (Å²) >= 11 is 0. The summed E-state index contributed by atoms with van der Waals surface area (Å²) in [6.45, 7) is 4.77. The zero-order valence-corrected chi connectivity index (χ0v) is 12.4. The molecule has 1 heterocycles. The summed E-state index contributed by atoms with van der Waals surface area (Å²) in [5.74, 6) is 0.969. The summed E-state index contributed by atoms with van der Waals surface area (Å²) in [6, 6.07) is 12.1. The zero-order valence-electron chi connectivity index (χ0n) is 12.4. The highest BCUT2D eigenvalue weighted by Gasteiger charge is 2.13. The SMILES string of the molecule is Cc1ccc(C)c(NC(=O)Cc2ccc3c(c2)CCO3)c1. The predicted molar refractivity (Wildman–Crippen MR) is 83.9 cm³/mol. The van der Waals surface area contributed by atoms with Gasteiger partial charge in [0.15, 0.2) is 0 Å². The Balaban J connectivity index is 1.70. The molecule has 3 nitrogen and oxygen atoms in total. The van der Waals surface area contributed by atoms with Crippen molar-refractivity contribution < 1.29 is 9.53 Å². The van der Waals surface area contributed by atoms with E-state index in [1.54, 1.807) is 0 Å². The Morgan fingerprint density at radius 3 is 2.90 bits per heavy atom. The van der Waals surface area contributed by atoms with Gasteiger partial charge in [0.25, 0.3) is 0 Å². The van der Waals surface area contributed by atoms with Crippen LogP contribution in [0, 0.1) is 13.8 Å². The fourth-order valence-electron chi connectivity index (χ4n) is 2.60. The molecule has 0 fully saturated rings. The number of fused-ring (bicyclic) bond motifs is 1. The highest BCUT2D eigenvalue weighted by molar-refractivity contribution is 5.93. The molecule has 1 aliphatic rings. The number of benzene rings is 2. The van der Waals surface area contributed by atoms with Gasteiger partial charge >= 0.3 is 0 Å². The Bertz CT molecular complexity index is 692. The third kappa shape index (κ3) is 3.07. The number of amides is 1. The van der Waals surface area contributed by atoms with Crippen molar-refractivity contribution in [2.24, 2.45) is 0 Å². The van der Waals surface area contributed by atoms with E-state index in [0.717, 1.165) is 41.2 Å². The lowest BCUT2D eigenvalue weighted by atomic mass is 10.1. The summed E-state index contributed by atoms with van der Waals surface area (Å²) in [6.07, 6.45) is 1.32. The van der Waals surface area contributed by atoms with Gasteiger partial charge in [0.1, 0.15) is 5.75 Å². The maximum atomic E-state index is 12.2. The fraction of sp³-hybridized carbons (Fsp3) is 0.278. The number of carbonyl (C=O) groups excluding carboxylic acids is 1. The summed E-state index contributed by atoms with van der Waals surface area (Å²) in [4.78, 5) is 12.2. The maximum absolute atomic E-state index is 12.2. The molecule has 0 saturated carbocycles. The molecule has 108 valence electrons. The molecule has 0 saturated heterocycles. The Morgan fingerprint density at radius 1 is 1.19 bits per heavy atom. The van der Waals surface area contributed by atoms with Crippen LogP contribution in [0.4, 0.5) is 5.69 Å². The van der Waals surface area contributed by atoms with Gasteiger partial charge in [-0.1, -0.05) is 24.3 Å². The Morgan fingerprint density at radius 2 is 2.05 bits per heavy atom. The van der Waals surface area contributed by atoms with Crippen molar-refractivity contribution in [1.82, 2.24) is 0 Å². The van der Waals surface area contributed by atoms with E-state index >= 15 is 0 Å². The minimum absolute atomic E-state index is 0.0163. The lowest BCUT2D eigenvalue weighted by Crippen LogP contribution is -2.15. The Kier molecular flexibility index (Phi) is 3.65. The molecule has 0 unspecified atom stereocenters. The van der Waals surface area contributed by atoms with Crippen LogP contribution in [0.5, 0.6) is 5.75 Å². The Labute approximate surface area is 124 Å². The monoisotopic (exact) mass is 281 g/mol. The fourth-order valence-corrected chi connectivity index (χ4v) is 2.60. The Hall–Kier alpha value is -2.29. The summed E-state index contributed by atoms with van der Waals surface area (Å²) in [7, 11) is 0. The number of carbonyl (C=O) groups is 1. The van der Waals surface area contributed by atoms with Crippen LogP contribution in [0.2, 0.25) is 0 Å². The van der Waals surface area contributed by atoms with Crippen molar-refractivity contribution >= 4 is 11.6 Å². The van der Waals surface area contributed by atoms with Crippen LogP contribution >= 0.6 is 0 Å².